The minimum absolute atomic E-state index is 0.0532. The van der Waals surface area contributed by atoms with Crippen molar-refractivity contribution in [2.45, 2.75) is 90.4 Å². The van der Waals surface area contributed by atoms with Crippen molar-refractivity contribution in [2.75, 3.05) is 6.61 Å². The number of unbranched alkanes of at least 4 members (excludes halogenated alkanes) is 9. The van der Waals surface area contributed by atoms with E-state index in [4.69, 9.17) is 4.74 Å². The van der Waals surface area contributed by atoms with E-state index in [2.05, 4.69) is 18.7 Å². The highest BCUT2D eigenvalue weighted by atomic mass is 16.5. The zero-order chi connectivity index (χ0) is 16.3. The third kappa shape index (κ3) is 17.0. The summed E-state index contributed by atoms with van der Waals surface area (Å²) in [6.45, 7) is 6.32. The van der Waals surface area contributed by atoms with Crippen molar-refractivity contribution >= 4 is 5.97 Å². The molecule has 0 heterocycles. The van der Waals surface area contributed by atoms with Gasteiger partial charge in [0.15, 0.2) is 0 Å². The van der Waals surface area contributed by atoms with Gasteiger partial charge in [-0.15, -0.1) is 6.58 Å². The molecule has 0 radical (unpaired) electrons. The van der Waals surface area contributed by atoms with Gasteiger partial charge in [0.05, 0.1) is 6.61 Å². The summed E-state index contributed by atoms with van der Waals surface area (Å²) in [6, 6.07) is 0. The number of carbonyl (C=O) groups excluding carboxylic acids is 1. The molecule has 0 aromatic rings. The van der Waals surface area contributed by atoms with E-state index in [-0.39, 0.29) is 5.97 Å². The maximum Gasteiger partial charge on any atom is 0.305 e. The number of carbonyl (C=O) groups is 1. The zero-order valence-corrected chi connectivity index (χ0v) is 14.7. The summed E-state index contributed by atoms with van der Waals surface area (Å²) in [5.41, 5.74) is 0. The molecule has 0 spiro atoms. The van der Waals surface area contributed by atoms with E-state index >= 15 is 0 Å². The van der Waals surface area contributed by atoms with Crippen molar-refractivity contribution in [3.05, 3.63) is 24.8 Å². The first-order chi connectivity index (χ1) is 10.8. The van der Waals surface area contributed by atoms with Gasteiger partial charge in [-0.1, -0.05) is 50.8 Å². The van der Waals surface area contributed by atoms with Crippen LogP contribution in [0.5, 0.6) is 0 Å². The first kappa shape index (κ1) is 20.9. The largest absolute Gasteiger partial charge is 0.466 e. The SMILES string of the molecule is C=CCCCCCCCCC=CCCCCOC(=O)CCC. The average Bonchev–Trinajstić information content (AvgIpc) is 2.51. The quantitative estimate of drug-likeness (QED) is 0.188. The maximum atomic E-state index is 11.1. The second-order valence-corrected chi connectivity index (χ2v) is 5.93. The highest BCUT2D eigenvalue weighted by molar-refractivity contribution is 5.69. The maximum absolute atomic E-state index is 11.1. The molecular formula is C20H36O2. The Balaban J connectivity index is 3.15. The Bertz CT molecular complexity index is 281. The normalized spacial score (nSPS) is 11.0. The minimum Gasteiger partial charge on any atom is -0.466 e. The van der Waals surface area contributed by atoms with Crippen molar-refractivity contribution in [2.24, 2.45) is 0 Å². The topological polar surface area (TPSA) is 26.3 Å². The van der Waals surface area contributed by atoms with E-state index in [1.807, 2.05) is 13.0 Å². The van der Waals surface area contributed by atoms with Crippen LogP contribution < -0.4 is 0 Å². The van der Waals surface area contributed by atoms with Crippen LogP contribution in [0.1, 0.15) is 90.4 Å². The van der Waals surface area contributed by atoms with Gasteiger partial charge in [-0.2, -0.15) is 0 Å². The standard InChI is InChI=1S/C20H36O2/c1-3-5-6-7-8-9-10-11-12-13-14-15-16-17-19-22-20(21)18-4-2/h3,13-14H,1,4-12,15-19H2,2H3. The molecule has 0 bridgehead atoms. The van der Waals surface area contributed by atoms with Crippen LogP contribution in [0.2, 0.25) is 0 Å². The molecule has 0 fully saturated rings. The lowest BCUT2D eigenvalue weighted by atomic mass is 10.1. The average molecular weight is 309 g/mol. The Morgan fingerprint density at radius 1 is 0.864 bits per heavy atom. The van der Waals surface area contributed by atoms with Gasteiger partial charge in [0.25, 0.3) is 0 Å². The van der Waals surface area contributed by atoms with Crippen LogP contribution in [0.4, 0.5) is 0 Å². The fourth-order valence-electron chi connectivity index (χ4n) is 2.32. The molecule has 2 heteroatoms. The molecule has 0 aliphatic heterocycles. The number of ether oxygens (including phenoxy) is 1. The predicted molar refractivity (Wildman–Crippen MR) is 96.0 cm³/mol. The highest BCUT2D eigenvalue weighted by Crippen LogP contribution is 2.09. The number of hydrogen-bond acceptors (Lipinski definition) is 2. The molecule has 0 amide bonds. The number of esters is 1. The van der Waals surface area contributed by atoms with Crippen LogP contribution in [0.25, 0.3) is 0 Å². The third-order valence-corrected chi connectivity index (χ3v) is 3.68. The second-order valence-electron chi connectivity index (χ2n) is 5.93. The highest BCUT2D eigenvalue weighted by Gasteiger charge is 1.98. The Morgan fingerprint density at radius 2 is 1.41 bits per heavy atom. The van der Waals surface area contributed by atoms with Gasteiger partial charge in [0.1, 0.15) is 0 Å². The summed E-state index contributed by atoms with van der Waals surface area (Å²) in [6.07, 6.45) is 21.6. The first-order valence-corrected chi connectivity index (χ1v) is 9.22. The van der Waals surface area contributed by atoms with Crippen LogP contribution in [-0.2, 0) is 9.53 Å². The predicted octanol–water partition coefficient (Wildman–Crippen LogP) is 6.36. The smallest absolute Gasteiger partial charge is 0.305 e. The van der Waals surface area contributed by atoms with Crippen LogP contribution >= 0.6 is 0 Å². The van der Waals surface area contributed by atoms with Crippen molar-refractivity contribution < 1.29 is 9.53 Å². The van der Waals surface area contributed by atoms with Crippen molar-refractivity contribution in [3.8, 4) is 0 Å². The van der Waals surface area contributed by atoms with Crippen LogP contribution in [0.15, 0.2) is 24.8 Å². The van der Waals surface area contributed by atoms with Crippen LogP contribution in [-0.4, -0.2) is 12.6 Å². The summed E-state index contributed by atoms with van der Waals surface area (Å²) in [5, 5.41) is 0. The van der Waals surface area contributed by atoms with Gasteiger partial charge in [-0.3, -0.25) is 4.79 Å². The second kappa shape index (κ2) is 18.0. The van der Waals surface area contributed by atoms with Crippen molar-refractivity contribution in [3.63, 3.8) is 0 Å². The van der Waals surface area contributed by atoms with E-state index in [0.717, 1.165) is 25.7 Å². The fraction of sp³-hybridized carbons (Fsp3) is 0.750. The lowest BCUT2D eigenvalue weighted by Gasteiger charge is -2.02. The van der Waals surface area contributed by atoms with Gasteiger partial charge in [0, 0.05) is 6.42 Å². The molecule has 22 heavy (non-hydrogen) atoms. The van der Waals surface area contributed by atoms with E-state index in [0.29, 0.717) is 13.0 Å². The van der Waals surface area contributed by atoms with Gasteiger partial charge >= 0.3 is 5.97 Å². The Kier molecular flexibility index (Phi) is 17.1. The number of hydrogen-bond donors (Lipinski definition) is 0. The molecule has 0 aromatic carbocycles. The molecule has 0 N–H and O–H groups in total. The van der Waals surface area contributed by atoms with Gasteiger partial charge in [0.2, 0.25) is 0 Å². The van der Waals surface area contributed by atoms with Gasteiger partial charge in [-0.25, -0.2) is 0 Å². The van der Waals surface area contributed by atoms with Crippen LogP contribution in [0, 0.1) is 0 Å². The summed E-state index contributed by atoms with van der Waals surface area (Å²) in [4.78, 5) is 11.1. The summed E-state index contributed by atoms with van der Waals surface area (Å²) in [7, 11) is 0. The molecule has 0 saturated carbocycles. The van der Waals surface area contributed by atoms with E-state index in [1.165, 1.54) is 51.4 Å². The summed E-state index contributed by atoms with van der Waals surface area (Å²) in [5.74, 6) is -0.0532. The summed E-state index contributed by atoms with van der Waals surface area (Å²) < 4.78 is 5.12. The van der Waals surface area contributed by atoms with Gasteiger partial charge < -0.3 is 4.74 Å². The van der Waals surface area contributed by atoms with Crippen molar-refractivity contribution in [1.82, 2.24) is 0 Å². The number of allylic oxidation sites excluding steroid dienone is 3. The number of rotatable bonds is 16. The monoisotopic (exact) mass is 308 g/mol. The Labute approximate surface area is 138 Å². The molecular weight excluding hydrogens is 272 g/mol. The minimum atomic E-state index is -0.0532. The van der Waals surface area contributed by atoms with Gasteiger partial charge in [-0.05, 0) is 51.4 Å². The zero-order valence-electron chi connectivity index (χ0n) is 14.7. The molecule has 0 unspecified atom stereocenters. The molecule has 0 rings (SSSR count). The molecule has 0 atom stereocenters. The lowest BCUT2D eigenvalue weighted by molar-refractivity contribution is -0.143. The molecule has 0 aliphatic rings. The first-order valence-electron chi connectivity index (χ1n) is 9.22. The lowest BCUT2D eigenvalue weighted by Crippen LogP contribution is -2.04. The van der Waals surface area contributed by atoms with E-state index in [9.17, 15) is 4.79 Å². The van der Waals surface area contributed by atoms with Crippen molar-refractivity contribution in [1.29, 1.82) is 0 Å². The molecule has 128 valence electrons. The Hall–Kier alpha value is -1.05. The van der Waals surface area contributed by atoms with E-state index < -0.39 is 0 Å². The Morgan fingerprint density at radius 3 is 2.00 bits per heavy atom. The fourth-order valence-corrected chi connectivity index (χ4v) is 2.32. The summed E-state index contributed by atoms with van der Waals surface area (Å²) >= 11 is 0. The molecule has 0 saturated heterocycles. The van der Waals surface area contributed by atoms with Crippen LogP contribution in [0.3, 0.4) is 0 Å². The third-order valence-electron chi connectivity index (χ3n) is 3.68. The molecule has 0 aromatic heterocycles. The molecule has 2 nitrogen and oxygen atoms in total. The molecule has 0 aliphatic carbocycles. The van der Waals surface area contributed by atoms with E-state index in [1.54, 1.807) is 0 Å².